The summed E-state index contributed by atoms with van der Waals surface area (Å²) in [6.07, 6.45) is 0. The largest absolute Gasteiger partial charge is 0.384 e. The van der Waals surface area contributed by atoms with Crippen LogP contribution in [0.1, 0.15) is 5.56 Å². The highest BCUT2D eigenvalue weighted by Gasteiger charge is 2.13. The summed E-state index contributed by atoms with van der Waals surface area (Å²) in [6, 6.07) is 3.38. The summed E-state index contributed by atoms with van der Waals surface area (Å²) in [5, 5.41) is 8.44. The molecule has 0 saturated carbocycles. The number of nitrogens with one attached hydrogen (secondary N) is 1. The molecule has 0 fully saturated rings. The number of sulfonamides is 1. The Labute approximate surface area is 93.2 Å². The molecule has 16 heavy (non-hydrogen) atoms. The van der Waals surface area contributed by atoms with Gasteiger partial charge in [-0.2, -0.15) is 0 Å². The van der Waals surface area contributed by atoms with Crippen LogP contribution in [0.5, 0.6) is 0 Å². The van der Waals surface area contributed by atoms with E-state index < -0.39 is 15.8 Å². The molecule has 0 saturated heterocycles. The third kappa shape index (κ3) is 2.79. The molecule has 1 aromatic carbocycles. The summed E-state index contributed by atoms with van der Waals surface area (Å²) < 4.78 is 38.1. The van der Waals surface area contributed by atoms with Crippen LogP contribution in [0.15, 0.2) is 23.1 Å². The van der Waals surface area contributed by atoms with E-state index in [9.17, 15) is 12.8 Å². The zero-order valence-electron chi connectivity index (χ0n) is 8.49. The van der Waals surface area contributed by atoms with Gasteiger partial charge in [-0.15, -0.1) is 0 Å². The lowest BCUT2D eigenvalue weighted by Gasteiger charge is -2.02. The second-order valence-corrected chi connectivity index (χ2v) is 4.70. The van der Waals surface area contributed by atoms with E-state index in [1.165, 1.54) is 19.2 Å². The maximum Gasteiger partial charge on any atom is 0.240 e. The molecule has 1 aromatic rings. The van der Waals surface area contributed by atoms with Crippen LogP contribution < -0.4 is 4.72 Å². The average molecular weight is 243 g/mol. The van der Waals surface area contributed by atoms with Gasteiger partial charge in [0.2, 0.25) is 10.0 Å². The van der Waals surface area contributed by atoms with Crippen LogP contribution in [0, 0.1) is 17.7 Å². The van der Waals surface area contributed by atoms with Gasteiger partial charge in [0, 0.05) is 0 Å². The van der Waals surface area contributed by atoms with Gasteiger partial charge >= 0.3 is 0 Å². The Morgan fingerprint density at radius 1 is 1.50 bits per heavy atom. The summed E-state index contributed by atoms with van der Waals surface area (Å²) in [5.41, 5.74) is 0.0455. The maximum absolute atomic E-state index is 13.4. The van der Waals surface area contributed by atoms with Crippen molar-refractivity contribution in [1.29, 1.82) is 0 Å². The summed E-state index contributed by atoms with van der Waals surface area (Å²) in [4.78, 5) is -0.165. The first kappa shape index (κ1) is 12.6. The standard InChI is InChI=1S/C10H10FNO3S/c1-12-16(14,15)9-5-4-8(3-2-6-13)10(11)7-9/h4-5,7,12-13H,6H2,1H3. The smallest absolute Gasteiger partial charge is 0.240 e. The first-order valence-corrected chi connectivity index (χ1v) is 5.82. The lowest BCUT2D eigenvalue weighted by Crippen LogP contribution is -2.18. The number of aliphatic hydroxyl groups excluding tert-OH is 1. The van der Waals surface area contributed by atoms with Gasteiger partial charge in [0.15, 0.2) is 0 Å². The Hall–Kier alpha value is -1.42. The Kier molecular flexibility index (Phi) is 4.01. The van der Waals surface area contributed by atoms with Crippen molar-refractivity contribution in [3.05, 3.63) is 29.6 Å². The van der Waals surface area contributed by atoms with Gasteiger partial charge in [0.25, 0.3) is 0 Å². The summed E-state index contributed by atoms with van der Waals surface area (Å²) in [6.45, 7) is -0.379. The van der Waals surface area contributed by atoms with Crippen LogP contribution in [0.4, 0.5) is 4.39 Å². The number of hydrogen-bond acceptors (Lipinski definition) is 3. The first-order chi connectivity index (χ1) is 7.51. The van der Waals surface area contributed by atoms with Gasteiger partial charge < -0.3 is 5.11 Å². The van der Waals surface area contributed by atoms with E-state index in [4.69, 9.17) is 5.11 Å². The Morgan fingerprint density at radius 2 is 2.19 bits per heavy atom. The third-order valence-corrected chi connectivity index (χ3v) is 3.23. The van der Waals surface area contributed by atoms with Crippen molar-refractivity contribution >= 4 is 10.0 Å². The molecule has 0 aliphatic heterocycles. The molecule has 0 aromatic heterocycles. The third-order valence-electron chi connectivity index (χ3n) is 1.82. The number of hydrogen-bond donors (Lipinski definition) is 2. The predicted octanol–water partition coefficient (Wildman–Crippen LogP) is 0.0776. The molecule has 0 amide bonds. The quantitative estimate of drug-likeness (QED) is 0.723. The van der Waals surface area contributed by atoms with Crippen molar-refractivity contribution in [2.75, 3.05) is 13.7 Å². The van der Waals surface area contributed by atoms with E-state index in [-0.39, 0.29) is 17.1 Å². The number of aliphatic hydroxyl groups is 1. The molecule has 0 aliphatic rings. The van der Waals surface area contributed by atoms with Crippen LogP contribution >= 0.6 is 0 Å². The van der Waals surface area contributed by atoms with Crippen molar-refractivity contribution in [3.63, 3.8) is 0 Å². The van der Waals surface area contributed by atoms with E-state index in [1.54, 1.807) is 0 Å². The minimum Gasteiger partial charge on any atom is -0.384 e. The van der Waals surface area contributed by atoms with Crippen LogP contribution in [0.3, 0.4) is 0 Å². The Bertz CT molecular complexity index is 543. The maximum atomic E-state index is 13.4. The predicted molar refractivity (Wildman–Crippen MR) is 56.6 cm³/mol. The highest BCUT2D eigenvalue weighted by molar-refractivity contribution is 7.89. The Balaban J connectivity index is 3.19. The van der Waals surface area contributed by atoms with Crippen LogP contribution in [0.25, 0.3) is 0 Å². The van der Waals surface area contributed by atoms with Gasteiger partial charge in [-0.3, -0.25) is 0 Å². The second-order valence-electron chi connectivity index (χ2n) is 2.81. The van der Waals surface area contributed by atoms with E-state index in [0.717, 1.165) is 6.07 Å². The molecule has 0 atom stereocenters. The molecule has 0 bridgehead atoms. The molecule has 0 spiro atoms. The lowest BCUT2D eigenvalue weighted by molar-refractivity contribution is 0.350. The highest BCUT2D eigenvalue weighted by Crippen LogP contribution is 2.13. The molecular weight excluding hydrogens is 233 g/mol. The van der Waals surface area contributed by atoms with Crippen molar-refractivity contribution in [1.82, 2.24) is 4.72 Å². The van der Waals surface area contributed by atoms with Crippen LogP contribution in [-0.2, 0) is 10.0 Å². The van der Waals surface area contributed by atoms with E-state index in [0.29, 0.717) is 0 Å². The Morgan fingerprint density at radius 3 is 2.69 bits per heavy atom. The van der Waals surface area contributed by atoms with E-state index >= 15 is 0 Å². The zero-order chi connectivity index (χ0) is 12.2. The first-order valence-electron chi connectivity index (χ1n) is 4.34. The summed E-state index contributed by atoms with van der Waals surface area (Å²) >= 11 is 0. The zero-order valence-corrected chi connectivity index (χ0v) is 9.31. The molecule has 2 N–H and O–H groups in total. The molecule has 0 heterocycles. The van der Waals surface area contributed by atoms with Crippen molar-refractivity contribution in [2.24, 2.45) is 0 Å². The lowest BCUT2D eigenvalue weighted by atomic mass is 10.2. The molecule has 0 radical (unpaired) electrons. The van der Waals surface area contributed by atoms with E-state index in [2.05, 4.69) is 16.6 Å². The monoisotopic (exact) mass is 243 g/mol. The van der Waals surface area contributed by atoms with Crippen LogP contribution in [-0.4, -0.2) is 27.2 Å². The van der Waals surface area contributed by atoms with Gasteiger partial charge in [-0.25, -0.2) is 17.5 Å². The average Bonchev–Trinajstić information content (AvgIpc) is 2.27. The van der Waals surface area contributed by atoms with E-state index in [1.807, 2.05) is 0 Å². The molecule has 0 aliphatic carbocycles. The van der Waals surface area contributed by atoms with Crippen LogP contribution in [0.2, 0.25) is 0 Å². The normalized spacial score (nSPS) is 10.7. The summed E-state index contributed by atoms with van der Waals surface area (Å²) in [7, 11) is -2.40. The highest BCUT2D eigenvalue weighted by atomic mass is 32.2. The molecule has 1 rings (SSSR count). The SMILES string of the molecule is CNS(=O)(=O)c1ccc(C#CCO)c(F)c1. The van der Waals surface area contributed by atoms with Crippen molar-refractivity contribution in [3.8, 4) is 11.8 Å². The number of benzene rings is 1. The molecule has 86 valence electrons. The molecule has 4 nitrogen and oxygen atoms in total. The van der Waals surface area contributed by atoms with Gasteiger partial charge in [-0.1, -0.05) is 11.8 Å². The van der Waals surface area contributed by atoms with Crippen molar-refractivity contribution < 1.29 is 17.9 Å². The fourth-order valence-corrected chi connectivity index (χ4v) is 1.76. The summed E-state index contributed by atoms with van der Waals surface area (Å²) in [5.74, 6) is 3.91. The molecule has 6 heteroatoms. The topological polar surface area (TPSA) is 66.4 Å². The minimum atomic E-state index is -3.65. The number of rotatable bonds is 2. The number of halogens is 1. The fraction of sp³-hybridized carbons (Fsp3) is 0.200. The molecular formula is C10H10FNO3S. The van der Waals surface area contributed by atoms with Gasteiger partial charge in [-0.05, 0) is 25.2 Å². The van der Waals surface area contributed by atoms with Crippen molar-refractivity contribution in [2.45, 2.75) is 4.90 Å². The molecule has 0 unspecified atom stereocenters. The fourth-order valence-electron chi connectivity index (χ4n) is 1.02. The second kappa shape index (κ2) is 5.07. The van der Waals surface area contributed by atoms with Gasteiger partial charge in [0.1, 0.15) is 12.4 Å². The minimum absolute atomic E-state index is 0.0455. The van der Waals surface area contributed by atoms with Gasteiger partial charge in [0.05, 0.1) is 10.5 Å².